The van der Waals surface area contributed by atoms with Crippen LogP contribution in [0.1, 0.15) is 29.3 Å². The van der Waals surface area contributed by atoms with Crippen molar-refractivity contribution < 1.29 is 13.2 Å². The molecule has 0 bridgehead atoms. The van der Waals surface area contributed by atoms with Crippen LogP contribution in [0.4, 0.5) is 0 Å². The van der Waals surface area contributed by atoms with Gasteiger partial charge in [0.25, 0.3) is 5.91 Å². The summed E-state index contributed by atoms with van der Waals surface area (Å²) >= 11 is 5.93. The molecule has 0 atom stereocenters. The molecule has 0 aliphatic carbocycles. The highest BCUT2D eigenvalue weighted by molar-refractivity contribution is 7.91. The van der Waals surface area contributed by atoms with Crippen LogP contribution >= 0.6 is 11.6 Å². The number of carbonyl (C=O) groups excluding carboxylic acids is 1. The van der Waals surface area contributed by atoms with Crippen molar-refractivity contribution in [2.75, 3.05) is 31.9 Å². The van der Waals surface area contributed by atoms with Crippen LogP contribution in [-0.4, -0.2) is 56.1 Å². The minimum atomic E-state index is -3.45. The SMILES string of the molecule is CCCS(=O)(=O)c1ccccc1C(=O)N1CCN(Cc2ccc(Cl)cc2)CC1. The maximum absolute atomic E-state index is 13.0. The predicted octanol–water partition coefficient (Wildman–Crippen LogP) is 3.48. The van der Waals surface area contributed by atoms with Crippen molar-refractivity contribution in [3.63, 3.8) is 0 Å². The highest BCUT2D eigenvalue weighted by Gasteiger charge is 2.27. The normalized spacial score (nSPS) is 15.6. The molecular formula is C21H25ClN2O3S. The molecule has 0 spiro atoms. The predicted molar refractivity (Wildman–Crippen MR) is 111 cm³/mol. The third-order valence-electron chi connectivity index (χ3n) is 4.90. The van der Waals surface area contributed by atoms with E-state index in [0.29, 0.717) is 19.5 Å². The number of amides is 1. The summed E-state index contributed by atoms with van der Waals surface area (Å²) in [5.41, 5.74) is 1.46. The summed E-state index contributed by atoms with van der Waals surface area (Å²) in [6.07, 6.45) is 0.522. The molecule has 2 aromatic carbocycles. The lowest BCUT2D eigenvalue weighted by Gasteiger charge is -2.35. The summed E-state index contributed by atoms with van der Waals surface area (Å²) in [7, 11) is -3.45. The van der Waals surface area contributed by atoms with Gasteiger partial charge < -0.3 is 4.90 Å². The Morgan fingerprint density at radius 3 is 2.29 bits per heavy atom. The molecule has 2 aromatic rings. The van der Waals surface area contributed by atoms with Gasteiger partial charge in [0.1, 0.15) is 0 Å². The lowest BCUT2D eigenvalue weighted by Crippen LogP contribution is -2.48. The Balaban J connectivity index is 1.67. The fourth-order valence-electron chi connectivity index (χ4n) is 3.42. The summed E-state index contributed by atoms with van der Waals surface area (Å²) in [5.74, 6) is -0.159. The van der Waals surface area contributed by atoms with E-state index in [2.05, 4.69) is 4.90 Å². The first-order valence-corrected chi connectivity index (χ1v) is 11.5. The zero-order valence-corrected chi connectivity index (χ0v) is 17.5. The maximum atomic E-state index is 13.0. The molecule has 1 aliphatic rings. The first-order valence-electron chi connectivity index (χ1n) is 9.48. The molecule has 150 valence electrons. The highest BCUT2D eigenvalue weighted by atomic mass is 35.5. The lowest BCUT2D eigenvalue weighted by atomic mass is 10.1. The molecule has 1 aliphatic heterocycles. The van der Waals surface area contributed by atoms with E-state index in [1.54, 1.807) is 23.1 Å². The van der Waals surface area contributed by atoms with Crippen LogP contribution in [-0.2, 0) is 16.4 Å². The molecule has 1 saturated heterocycles. The van der Waals surface area contributed by atoms with Gasteiger partial charge in [-0.25, -0.2) is 8.42 Å². The van der Waals surface area contributed by atoms with Gasteiger partial charge >= 0.3 is 0 Å². The number of halogens is 1. The molecule has 1 heterocycles. The summed E-state index contributed by atoms with van der Waals surface area (Å²) in [4.78, 5) is 17.2. The van der Waals surface area contributed by atoms with E-state index >= 15 is 0 Å². The van der Waals surface area contributed by atoms with Gasteiger partial charge in [-0.1, -0.05) is 42.8 Å². The molecule has 0 radical (unpaired) electrons. The second-order valence-electron chi connectivity index (χ2n) is 7.01. The summed E-state index contributed by atoms with van der Waals surface area (Å²) in [5, 5.41) is 0.718. The van der Waals surface area contributed by atoms with Crippen LogP contribution in [0.25, 0.3) is 0 Å². The minimum Gasteiger partial charge on any atom is -0.336 e. The molecule has 0 saturated carbocycles. The van der Waals surface area contributed by atoms with Crippen molar-refractivity contribution in [2.45, 2.75) is 24.8 Å². The van der Waals surface area contributed by atoms with Crippen LogP contribution in [0.5, 0.6) is 0 Å². The van der Waals surface area contributed by atoms with E-state index in [1.165, 1.54) is 11.6 Å². The molecule has 7 heteroatoms. The molecule has 5 nitrogen and oxygen atoms in total. The van der Waals surface area contributed by atoms with Crippen LogP contribution in [0.15, 0.2) is 53.4 Å². The average Bonchev–Trinajstić information content (AvgIpc) is 2.70. The maximum Gasteiger partial charge on any atom is 0.255 e. The van der Waals surface area contributed by atoms with E-state index in [1.807, 2.05) is 31.2 Å². The monoisotopic (exact) mass is 420 g/mol. The Kier molecular flexibility index (Phi) is 6.75. The topological polar surface area (TPSA) is 57.7 Å². The van der Waals surface area contributed by atoms with Gasteiger partial charge in [-0.2, -0.15) is 0 Å². The standard InChI is InChI=1S/C21H25ClN2O3S/c1-2-15-28(26,27)20-6-4-3-5-19(20)21(25)24-13-11-23(12-14-24)16-17-7-9-18(22)10-8-17/h3-10H,2,11-16H2,1H3. The zero-order chi connectivity index (χ0) is 20.1. The second kappa shape index (κ2) is 9.07. The molecule has 1 fully saturated rings. The van der Waals surface area contributed by atoms with Crippen molar-refractivity contribution in [1.29, 1.82) is 0 Å². The zero-order valence-electron chi connectivity index (χ0n) is 16.0. The Labute approximate surface area is 171 Å². The Bertz CT molecular complexity index is 921. The summed E-state index contributed by atoms with van der Waals surface area (Å²) < 4.78 is 25.1. The van der Waals surface area contributed by atoms with Crippen LogP contribution in [0.2, 0.25) is 5.02 Å². The van der Waals surface area contributed by atoms with E-state index in [9.17, 15) is 13.2 Å². The smallest absolute Gasteiger partial charge is 0.255 e. The van der Waals surface area contributed by atoms with Crippen molar-refractivity contribution >= 4 is 27.3 Å². The van der Waals surface area contributed by atoms with E-state index in [-0.39, 0.29) is 22.1 Å². The molecule has 3 rings (SSSR count). The molecule has 28 heavy (non-hydrogen) atoms. The summed E-state index contributed by atoms with van der Waals surface area (Å²) in [6.45, 7) is 5.28. The van der Waals surface area contributed by atoms with Gasteiger partial charge in [0, 0.05) is 37.7 Å². The molecule has 1 amide bonds. The van der Waals surface area contributed by atoms with E-state index in [4.69, 9.17) is 11.6 Å². The largest absolute Gasteiger partial charge is 0.336 e. The molecule has 0 aromatic heterocycles. The number of rotatable bonds is 6. The van der Waals surface area contributed by atoms with Crippen molar-refractivity contribution in [2.24, 2.45) is 0 Å². The number of carbonyl (C=O) groups is 1. The third kappa shape index (κ3) is 4.93. The van der Waals surface area contributed by atoms with Gasteiger partial charge in [-0.3, -0.25) is 9.69 Å². The first-order chi connectivity index (χ1) is 13.4. The molecule has 0 N–H and O–H groups in total. The van der Waals surface area contributed by atoms with Crippen molar-refractivity contribution in [3.8, 4) is 0 Å². The van der Waals surface area contributed by atoms with Crippen LogP contribution in [0.3, 0.4) is 0 Å². The van der Waals surface area contributed by atoms with Crippen molar-refractivity contribution in [3.05, 3.63) is 64.7 Å². The highest BCUT2D eigenvalue weighted by Crippen LogP contribution is 2.21. The number of hydrogen-bond acceptors (Lipinski definition) is 4. The van der Waals surface area contributed by atoms with Gasteiger partial charge in [0.2, 0.25) is 0 Å². The summed E-state index contributed by atoms with van der Waals surface area (Å²) in [6, 6.07) is 14.3. The third-order valence-corrected chi connectivity index (χ3v) is 7.13. The van der Waals surface area contributed by atoms with Crippen molar-refractivity contribution in [1.82, 2.24) is 9.80 Å². The number of benzene rings is 2. The minimum absolute atomic E-state index is 0.0478. The van der Waals surface area contributed by atoms with Gasteiger partial charge in [-0.15, -0.1) is 0 Å². The Morgan fingerprint density at radius 2 is 1.64 bits per heavy atom. The average molecular weight is 421 g/mol. The number of sulfone groups is 1. The molecular weight excluding hydrogens is 396 g/mol. The Morgan fingerprint density at radius 1 is 1.00 bits per heavy atom. The van der Waals surface area contributed by atoms with E-state index < -0.39 is 9.84 Å². The fraction of sp³-hybridized carbons (Fsp3) is 0.381. The number of hydrogen-bond donors (Lipinski definition) is 0. The Hall–Kier alpha value is -1.89. The van der Waals surface area contributed by atoms with Gasteiger partial charge in [0.15, 0.2) is 9.84 Å². The lowest BCUT2D eigenvalue weighted by molar-refractivity contribution is 0.0624. The first kappa shape index (κ1) is 20.8. The van der Waals surface area contributed by atoms with Gasteiger partial charge in [-0.05, 0) is 36.2 Å². The molecule has 0 unspecified atom stereocenters. The van der Waals surface area contributed by atoms with E-state index in [0.717, 1.165) is 24.7 Å². The number of piperazine rings is 1. The fourth-order valence-corrected chi connectivity index (χ4v) is 5.08. The second-order valence-corrected chi connectivity index (χ2v) is 9.52. The quantitative estimate of drug-likeness (QED) is 0.717. The van der Waals surface area contributed by atoms with Crippen LogP contribution in [0, 0.1) is 0 Å². The number of nitrogens with zero attached hydrogens (tertiary/aromatic N) is 2. The van der Waals surface area contributed by atoms with Gasteiger partial charge in [0.05, 0.1) is 16.2 Å². The van der Waals surface area contributed by atoms with Crippen LogP contribution < -0.4 is 0 Å².